The summed E-state index contributed by atoms with van der Waals surface area (Å²) in [5.74, 6) is 0. The van der Waals surface area contributed by atoms with Crippen LogP contribution in [0.3, 0.4) is 0 Å². The molecule has 2 aliphatic rings. The zero-order valence-electron chi connectivity index (χ0n) is 15.7. The van der Waals surface area contributed by atoms with Gasteiger partial charge < -0.3 is 0 Å². The average molecular weight is 446 g/mol. The number of halogens is 2. The van der Waals surface area contributed by atoms with E-state index in [0.29, 0.717) is 0 Å². The Morgan fingerprint density at radius 3 is 1.50 bits per heavy atom. The van der Waals surface area contributed by atoms with E-state index in [4.69, 9.17) is 0 Å². The van der Waals surface area contributed by atoms with Crippen LogP contribution in [0.5, 0.6) is 0 Å². The Kier molecular flexibility index (Phi) is 4.17. The minimum absolute atomic E-state index is 0.656. The first-order valence-electron chi connectivity index (χ1n) is 9.17. The Bertz CT molecular complexity index is 978. The molecule has 0 aliphatic heterocycles. The molecule has 2 aliphatic carbocycles. The molecule has 0 saturated carbocycles. The maximum absolute atomic E-state index is 17.4. The molecule has 0 fully saturated rings. The average Bonchev–Trinajstić information content (AvgIpc) is 3.10. The molecule has 0 nitrogen and oxygen atoms in total. The number of rotatable bonds is 2. The third kappa shape index (κ3) is 2.31. The SMILES string of the molecule is CC1=Cc2ccccc2[CH]1[Zr]([F])([F])([CH]1C(C)=Cc2ccccc21)=[Si](C)C. The molecule has 0 saturated heterocycles. The number of fused-ring (bicyclic) bond motifs is 2. The van der Waals surface area contributed by atoms with Crippen LogP contribution >= 0.6 is 0 Å². The van der Waals surface area contributed by atoms with Crippen LogP contribution in [0.1, 0.15) is 43.4 Å². The first-order valence-corrected chi connectivity index (χ1v) is 20.1. The van der Waals surface area contributed by atoms with Gasteiger partial charge in [-0.25, -0.2) is 0 Å². The van der Waals surface area contributed by atoms with Crippen molar-refractivity contribution in [3.8, 4) is 0 Å². The summed E-state index contributed by atoms with van der Waals surface area (Å²) in [6, 6.07) is 15.6. The molecule has 0 amide bonds. The fourth-order valence-corrected chi connectivity index (χ4v) is 28.7. The fraction of sp³-hybridized carbons (Fsp3) is 0.273. The van der Waals surface area contributed by atoms with E-state index < -0.39 is 31.3 Å². The summed E-state index contributed by atoms with van der Waals surface area (Å²) in [7, 11) is 0. The maximum atomic E-state index is 17.4. The third-order valence-electron chi connectivity index (χ3n) is 6.30. The van der Waals surface area contributed by atoms with Gasteiger partial charge in [-0.3, -0.25) is 0 Å². The molecule has 0 radical (unpaired) electrons. The van der Waals surface area contributed by atoms with Crippen LogP contribution in [0.25, 0.3) is 12.2 Å². The first-order chi connectivity index (χ1) is 12.2. The Morgan fingerprint density at radius 2 is 1.12 bits per heavy atom. The fourth-order valence-electron chi connectivity index (χ4n) is 5.11. The van der Waals surface area contributed by atoms with Crippen molar-refractivity contribution in [2.24, 2.45) is 0 Å². The van der Waals surface area contributed by atoms with Crippen molar-refractivity contribution in [3.05, 3.63) is 81.9 Å². The van der Waals surface area contributed by atoms with Gasteiger partial charge in [0.15, 0.2) is 0 Å². The molecule has 0 aromatic heterocycles. The molecule has 0 N–H and O–H groups in total. The Labute approximate surface area is 157 Å². The van der Waals surface area contributed by atoms with E-state index in [9.17, 15) is 0 Å². The molecule has 26 heavy (non-hydrogen) atoms. The van der Waals surface area contributed by atoms with E-state index in [2.05, 4.69) is 0 Å². The van der Waals surface area contributed by atoms with Crippen molar-refractivity contribution in [1.29, 1.82) is 0 Å². The van der Waals surface area contributed by atoms with Crippen molar-refractivity contribution < 1.29 is 23.9 Å². The number of benzene rings is 2. The number of allylic oxidation sites excluding steroid dienone is 2. The molecule has 2 aromatic rings. The van der Waals surface area contributed by atoms with Crippen molar-refractivity contribution in [3.63, 3.8) is 0 Å². The molecule has 2 unspecified atom stereocenters. The number of hydrogen-bond acceptors (Lipinski definition) is 0. The van der Waals surface area contributed by atoms with Gasteiger partial charge in [0.25, 0.3) is 0 Å². The molecule has 2 atom stereocenters. The van der Waals surface area contributed by atoms with Crippen LogP contribution in [0.4, 0.5) is 5.25 Å². The van der Waals surface area contributed by atoms with Gasteiger partial charge in [-0.1, -0.05) is 0 Å². The molecule has 0 heterocycles. The second-order valence-corrected chi connectivity index (χ2v) is 31.6. The summed E-state index contributed by atoms with van der Waals surface area (Å²) >= 11 is -6.28. The third-order valence-corrected chi connectivity index (χ3v) is 34.7. The van der Waals surface area contributed by atoms with Gasteiger partial charge in [0.2, 0.25) is 0 Å². The van der Waals surface area contributed by atoms with E-state index in [-0.39, 0.29) is 0 Å². The van der Waals surface area contributed by atoms with Crippen molar-refractivity contribution in [2.45, 2.75) is 34.2 Å². The number of hydrogen-bond donors (Lipinski definition) is 0. The van der Waals surface area contributed by atoms with E-state index in [1.807, 2.05) is 87.6 Å². The first kappa shape index (κ1) is 18.3. The van der Waals surface area contributed by atoms with Crippen LogP contribution in [-0.2, 0) is 18.6 Å². The van der Waals surface area contributed by atoms with Gasteiger partial charge in [-0.05, 0) is 0 Å². The predicted molar refractivity (Wildman–Crippen MR) is 105 cm³/mol. The van der Waals surface area contributed by atoms with Gasteiger partial charge in [0, 0.05) is 0 Å². The molecule has 0 spiro atoms. The van der Waals surface area contributed by atoms with Crippen LogP contribution in [0.2, 0.25) is 13.1 Å². The molecule has 2 aromatic carbocycles. The second kappa shape index (κ2) is 5.94. The standard InChI is InChI=1S/2C10H9.C2H6Si.2FH.Zr/c2*1-8-6-9-4-2-3-5-10(9)7-8;1-3-2;;;/h2*2-7H,1H3;1-2H3;2*1H;/q;;;;;+2/p-2. The Balaban J connectivity index is 2.05. The van der Waals surface area contributed by atoms with Crippen LogP contribution < -0.4 is 0 Å². The minimum atomic E-state index is -6.28. The molecular weight excluding hydrogens is 422 g/mol. The van der Waals surface area contributed by atoms with Gasteiger partial charge in [0.1, 0.15) is 0 Å². The van der Waals surface area contributed by atoms with Gasteiger partial charge in [0.05, 0.1) is 0 Å². The molecule has 4 rings (SSSR count). The van der Waals surface area contributed by atoms with E-state index >= 15 is 5.25 Å². The summed E-state index contributed by atoms with van der Waals surface area (Å²) in [5.41, 5.74) is 3.65. The molecular formula is C22H24F2SiZr. The Morgan fingerprint density at radius 1 is 0.731 bits per heavy atom. The predicted octanol–water partition coefficient (Wildman–Crippen LogP) is 7.01. The normalized spacial score (nSPS) is 21.8. The van der Waals surface area contributed by atoms with E-state index in [0.717, 1.165) is 33.4 Å². The summed E-state index contributed by atoms with van der Waals surface area (Å²) < 4.78 is 33.4. The van der Waals surface area contributed by atoms with Gasteiger partial charge in [-0.15, -0.1) is 0 Å². The zero-order valence-corrected chi connectivity index (χ0v) is 19.1. The molecule has 0 bridgehead atoms. The summed E-state index contributed by atoms with van der Waals surface area (Å²) in [6.07, 6.45) is 3.99. The van der Waals surface area contributed by atoms with Crippen LogP contribution in [0, 0.1) is 0 Å². The van der Waals surface area contributed by atoms with E-state index in [1.165, 1.54) is 0 Å². The monoisotopic (exact) mass is 444 g/mol. The van der Waals surface area contributed by atoms with Crippen molar-refractivity contribution in [2.75, 3.05) is 0 Å². The summed E-state index contributed by atoms with van der Waals surface area (Å²) in [5, 5.41) is 0. The summed E-state index contributed by atoms with van der Waals surface area (Å²) in [6.45, 7) is 7.56. The van der Waals surface area contributed by atoms with Crippen molar-refractivity contribution >= 4 is 17.6 Å². The van der Waals surface area contributed by atoms with Crippen LogP contribution in [-0.4, -0.2) is 5.43 Å². The molecule has 4 heteroatoms. The van der Waals surface area contributed by atoms with Crippen LogP contribution in [0.15, 0.2) is 59.7 Å². The van der Waals surface area contributed by atoms with Gasteiger partial charge >= 0.3 is 158 Å². The van der Waals surface area contributed by atoms with E-state index in [1.54, 1.807) is 0 Å². The summed E-state index contributed by atoms with van der Waals surface area (Å²) in [4.78, 5) is 0. The topological polar surface area (TPSA) is 0 Å². The Hall–Kier alpha value is -1.12. The molecule has 134 valence electrons. The zero-order chi connectivity index (χ0) is 18.7. The second-order valence-electron chi connectivity index (χ2n) is 8.05. The van der Waals surface area contributed by atoms with Crippen molar-refractivity contribution in [1.82, 2.24) is 0 Å². The quantitative estimate of drug-likeness (QED) is 0.436. The van der Waals surface area contributed by atoms with Gasteiger partial charge in [-0.2, -0.15) is 0 Å².